The van der Waals surface area contributed by atoms with Crippen molar-refractivity contribution < 1.29 is 18.8 Å². The lowest BCUT2D eigenvalue weighted by Gasteiger charge is -2.03. The first-order valence-electron chi connectivity index (χ1n) is 4.24. The van der Waals surface area contributed by atoms with Crippen molar-refractivity contribution in [1.29, 1.82) is 0 Å². The maximum Gasteiger partial charge on any atom is 0.320 e. The molecule has 0 bridgehead atoms. The number of carbonyl (C=O) groups is 2. The molecule has 15 heavy (non-hydrogen) atoms. The van der Waals surface area contributed by atoms with Crippen LogP contribution in [0.25, 0.3) is 0 Å². The minimum atomic E-state index is -0.451. The van der Waals surface area contributed by atoms with Crippen LogP contribution in [0.4, 0.5) is 10.6 Å². The van der Waals surface area contributed by atoms with Gasteiger partial charge in [0.2, 0.25) is 0 Å². The van der Waals surface area contributed by atoms with E-state index in [0.29, 0.717) is 5.82 Å². The molecule has 1 aromatic rings. The number of hydrogen-bond donors (Lipinski definition) is 2. The average molecular weight is 213 g/mol. The van der Waals surface area contributed by atoms with Crippen LogP contribution >= 0.6 is 0 Å². The number of hydrogen-bond acceptors (Lipinski definition) is 5. The molecule has 82 valence electrons. The summed E-state index contributed by atoms with van der Waals surface area (Å²) in [5.74, 6) is -0.0673. The van der Waals surface area contributed by atoms with Crippen molar-refractivity contribution >= 4 is 17.8 Å². The van der Waals surface area contributed by atoms with E-state index in [1.807, 2.05) is 0 Å². The van der Waals surface area contributed by atoms with Gasteiger partial charge in [0, 0.05) is 12.6 Å². The van der Waals surface area contributed by atoms with Gasteiger partial charge in [-0.25, -0.2) is 4.79 Å². The first kappa shape index (κ1) is 11.0. The van der Waals surface area contributed by atoms with Crippen molar-refractivity contribution in [3.63, 3.8) is 0 Å². The molecule has 0 saturated carbocycles. The van der Waals surface area contributed by atoms with Gasteiger partial charge >= 0.3 is 12.0 Å². The van der Waals surface area contributed by atoms with E-state index in [1.165, 1.54) is 19.4 Å². The van der Waals surface area contributed by atoms with Crippen molar-refractivity contribution in [1.82, 2.24) is 10.5 Å². The lowest BCUT2D eigenvalue weighted by molar-refractivity contribution is -0.140. The standard InChI is InChI=1S/C8H11N3O4/c1-14-7(12)2-4-9-8(13)10-6-3-5-15-11-6/h3,5H,2,4H2,1H3,(H2,9,10,11,13). The molecule has 0 saturated heterocycles. The van der Waals surface area contributed by atoms with Crippen LogP contribution in [0.3, 0.4) is 0 Å². The molecule has 0 fully saturated rings. The van der Waals surface area contributed by atoms with E-state index in [4.69, 9.17) is 0 Å². The normalized spacial score (nSPS) is 9.40. The molecular formula is C8H11N3O4. The summed E-state index contributed by atoms with van der Waals surface area (Å²) in [7, 11) is 1.29. The van der Waals surface area contributed by atoms with Crippen molar-refractivity contribution in [2.24, 2.45) is 0 Å². The molecule has 1 heterocycles. The highest BCUT2D eigenvalue weighted by molar-refractivity contribution is 5.88. The second kappa shape index (κ2) is 5.63. The molecule has 0 aliphatic rings. The molecule has 2 N–H and O–H groups in total. The van der Waals surface area contributed by atoms with E-state index in [0.717, 1.165) is 0 Å². The van der Waals surface area contributed by atoms with Gasteiger partial charge in [0.25, 0.3) is 0 Å². The number of amides is 2. The van der Waals surface area contributed by atoms with Gasteiger partial charge in [0.1, 0.15) is 6.26 Å². The van der Waals surface area contributed by atoms with Crippen LogP contribution in [0.5, 0.6) is 0 Å². The quantitative estimate of drug-likeness (QED) is 0.704. The number of esters is 1. The lowest BCUT2D eigenvalue weighted by Crippen LogP contribution is -2.30. The zero-order valence-corrected chi connectivity index (χ0v) is 8.15. The lowest BCUT2D eigenvalue weighted by atomic mass is 10.4. The number of methoxy groups -OCH3 is 1. The van der Waals surface area contributed by atoms with Crippen LogP contribution in [-0.4, -0.2) is 30.8 Å². The minimum Gasteiger partial charge on any atom is -0.469 e. The number of aromatic nitrogens is 1. The molecular weight excluding hydrogens is 202 g/mol. The summed E-state index contributed by atoms with van der Waals surface area (Å²) in [5.41, 5.74) is 0. The van der Waals surface area contributed by atoms with Gasteiger partial charge in [-0.1, -0.05) is 5.16 Å². The molecule has 1 aromatic heterocycles. The highest BCUT2D eigenvalue weighted by Gasteiger charge is 2.04. The number of anilines is 1. The van der Waals surface area contributed by atoms with E-state index in [1.54, 1.807) is 0 Å². The number of rotatable bonds is 4. The molecule has 0 radical (unpaired) electrons. The van der Waals surface area contributed by atoms with Crippen molar-refractivity contribution in [2.45, 2.75) is 6.42 Å². The largest absolute Gasteiger partial charge is 0.469 e. The predicted octanol–water partition coefficient (Wildman–Crippen LogP) is 0.359. The van der Waals surface area contributed by atoms with Crippen molar-refractivity contribution in [2.75, 3.05) is 19.0 Å². The summed E-state index contributed by atoms with van der Waals surface area (Å²) < 4.78 is 8.91. The Morgan fingerprint density at radius 2 is 2.40 bits per heavy atom. The van der Waals surface area contributed by atoms with Crippen molar-refractivity contribution in [3.8, 4) is 0 Å². The van der Waals surface area contributed by atoms with Gasteiger partial charge in [-0.15, -0.1) is 0 Å². The van der Waals surface area contributed by atoms with E-state index < -0.39 is 6.03 Å². The fourth-order valence-electron chi connectivity index (χ4n) is 0.818. The number of carbonyl (C=O) groups excluding carboxylic acids is 2. The topological polar surface area (TPSA) is 93.5 Å². The third kappa shape index (κ3) is 4.12. The van der Waals surface area contributed by atoms with Crippen LogP contribution in [0.15, 0.2) is 16.9 Å². The monoisotopic (exact) mass is 213 g/mol. The molecule has 7 heteroatoms. The number of urea groups is 1. The van der Waals surface area contributed by atoms with Crippen LogP contribution in [0.2, 0.25) is 0 Å². The molecule has 0 unspecified atom stereocenters. The molecule has 7 nitrogen and oxygen atoms in total. The van der Waals surface area contributed by atoms with Gasteiger partial charge in [-0.2, -0.15) is 0 Å². The molecule has 0 aromatic carbocycles. The molecule has 0 spiro atoms. The summed E-state index contributed by atoms with van der Waals surface area (Å²) in [6.07, 6.45) is 1.47. The fraction of sp³-hybridized carbons (Fsp3) is 0.375. The Labute approximate surface area is 85.8 Å². The van der Waals surface area contributed by atoms with E-state index in [2.05, 4.69) is 25.1 Å². The molecule has 0 aliphatic carbocycles. The number of ether oxygens (including phenoxy) is 1. The molecule has 1 rings (SSSR count). The van der Waals surface area contributed by atoms with Gasteiger partial charge < -0.3 is 14.6 Å². The number of nitrogens with zero attached hydrogens (tertiary/aromatic N) is 1. The Kier molecular flexibility index (Phi) is 4.14. The minimum absolute atomic E-state index is 0.128. The second-order valence-corrected chi connectivity index (χ2v) is 2.59. The Morgan fingerprint density at radius 3 is 3.00 bits per heavy atom. The molecule has 0 aliphatic heterocycles. The Hall–Kier alpha value is -2.05. The van der Waals surface area contributed by atoms with Gasteiger partial charge in [0.05, 0.1) is 13.5 Å². The Morgan fingerprint density at radius 1 is 1.60 bits per heavy atom. The van der Waals surface area contributed by atoms with E-state index >= 15 is 0 Å². The summed E-state index contributed by atoms with van der Waals surface area (Å²) in [4.78, 5) is 21.8. The first-order valence-corrected chi connectivity index (χ1v) is 4.24. The van der Waals surface area contributed by atoms with E-state index in [9.17, 15) is 9.59 Å². The highest BCUT2D eigenvalue weighted by atomic mass is 16.5. The first-order chi connectivity index (χ1) is 7.22. The third-order valence-electron chi connectivity index (χ3n) is 1.52. The van der Waals surface area contributed by atoms with Gasteiger partial charge in [-0.3, -0.25) is 10.1 Å². The third-order valence-corrected chi connectivity index (χ3v) is 1.52. The SMILES string of the molecule is COC(=O)CCNC(=O)Nc1ccon1. The van der Waals surface area contributed by atoms with Gasteiger partial charge in [0.15, 0.2) is 5.82 Å². The van der Waals surface area contributed by atoms with E-state index in [-0.39, 0.29) is 18.9 Å². The van der Waals surface area contributed by atoms with Crippen LogP contribution in [0.1, 0.15) is 6.42 Å². The highest BCUT2D eigenvalue weighted by Crippen LogP contribution is 1.99. The van der Waals surface area contributed by atoms with Crippen molar-refractivity contribution in [3.05, 3.63) is 12.3 Å². The maximum atomic E-state index is 11.1. The number of nitrogens with one attached hydrogen (secondary N) is 2. The van der Waals surface area contributed by atoms with Crippen LogP contribution in [0, 0.1) is 0 Å². The summed E-state index contributed by atoms with van der Waals surface area (Å²) in [6.45, 7) is 0.205. The van der Waals surface area contributed by atoms with Crippen LogP contribution < -0.4 is 10.6 Å². The van der Waals surface area contributed by atoms with Crippen LogP contribution in [-0.2, 0) is 9.53 Å². The Balaban J connectivity index is 2.17. The second-order valence-electron chi connectivity index (χ2n) is 2.59. The van der Waals surface area contributed by atoms with Gasteiger partial charge in [-0.05, 0) is 0 Å². The Bertz CT molecular complexity index is 323. The maximum absolute atomic E-state index is 11.1. The zero-order valence-electron chi connectivity index (χ0n) is 8.15. The predicted molar refractivity (Wildman–Crippen MR) is 50.2 cm³/mol. The zero-order chi connectivity index (χ0) is 11.1. The summed E-state index contributed by atoms with van der Waals surface area (Å²) in [6, 6.07) is 1.05. The smallest absolute Gasteiger partial charge is 0.320 e. The average Bonchev–Trinajstić information content (AvgIpc) is 2.70. The summed E-state index contributed by atoms with van der Waals surface area (Å²) in [5, 5.41) is 8.34. The summed E-state index contributed by atoms with van der Waals surface area (Å²) >= 11 is 0. The molecule has 2 amide bonds. The molecule has 0 atom stereocenters. The fourth-order valence-corrected chi connectivity index (χ4v) is 0.818.